The molecule has 1 aromatic rings. The van der Waals surface area contributed by atoms with E-state index in [1.807, 2.05) is 0 Å². The van der Waals surface area contributed by atoms with Crippen molar-refractivity contribution in [3.63, 3.8) is 0 Å². The molecule has 3 N–H and O–H groups in total. The van der Waals surface area contributed by atoms with Crippen LogP contribution < -0.4 is 10.6 Å². The summed E-state index contributed by atoms with van der Waals surface area (Å²) in [4.78, 5) is 28.3. The zero-order chi connectivity index (χ0) is 23.8. The van der Waals surface area contributed by atoms with Crippen LogP contribution in [-0.4, -0.2) is 53.7 Å². The summed E-state index contributed by atoms with van der Waals surface area (Å²) in [6.45, 7) is 2.82. The van der Waals surface area contributed by atoms with Crippen molar-refractivity contribution in [2.24, 2.45) is 11.8 Å². The van der Waals surface area contributed by atoms with Gasteiger partial charge in [-0.05, 0) is 62.5 Å². The predicted octanol–water partition coefficient (Wildman–Crippen LogP) is 3.81. The van der Waals surface area contributed by atoms with Crippen molar-refractivity contribution >= 4 is 17.7 Å². The summed E-state index contributed by atoms with van der Waals surface area (Å²) in [6, 6.07) is 3.15. The first kappa shape index (κ1) is 25.3. The van der Waals surface area contributed by atoms with Crippen LogP contribution in [0, 0.1) is 11.8 Å². The molecule has 0 spiro atoms. The van der Waals surface area contributed by atoms with Gasteiger partial charge in [-0.3, -0.25) is 4.79 Å². The van der Waals surface area contributed by atoms with Gasteiger partial charge in [-0.15, -0.1) is 0 Å². The van der Waals surface area contributed by atoms with E-state index in [0.717, 1.165) is 56.6 Å². The van der Waals surface area contributed by atoms with Crippen LogP contribution in [0.5, 0.6) is 0 Å². The number of carbonyl (C=O) groups excluding carboxylic acids is 1. The third-order valence-electron chi connectivity index (χ3n) is 6.65. The topological polar surface area (TPSA) is 101 Å². The number of carboxylic acids is 1. The van der Waals surface area contributed by atoms with Gasteiger partial charge in [0, 0.05) is 37.6 Å². The number of carbonyl (C=O) groups is 2. The fourth-order valence-corrected chi connectivity index (χ4v) is 4.48. The molecule has 1 aromatic heterocycles. The second kappa shape index (κ2) is 12.3. The molecule has 0 bridgehead atoms. The number of anilines is 1. The zero-order valence-electron chi connectivity index (χ0n) is 19.2. The second-order valence-electron chi connectivity index (χ2n) is 9.13. The summed E-state index contributed by atoms with van der Waals surface area (Å²) >= 11 is 0. The fraction of sp³-hybridized carbons (Fsp3) is 0.708. The molecule has 184 valence electrons. The Labute approximate surface area is 193 Å². The lowest BCUT2D eigenvalue weighted by Gasteiger charge is -2.35. The molecule has 0 aromatic carbocycles. The van der Waals surface area contributed by atoms with E-state index < -0.39 is 36.7 Å². The lowest BCUT2D eigenvalue weighted by molar-refractivity contribution is -0.143. The van der Waals surface area contributed by atoms with Crippen molar-refractivity contribution in [1.82, 2.24) is 10.3 Å². The number of halogens is 2. The lowest BCUT2D eigenvalue weighted by atomic mass is 9.79. The highest BCUT2D eigenvalue weighted by molar-refractivity contribution is 5.84. The number of hydrogen-bond donors (Lipinski definition) is 3. The highest BCUT2D eigenvalue weighted by Gasteiger charge is 2.31. The molecule has 1 fully saturated rings. The average Bonchev–Trinajstić information content (AvgIpc) is 2.76. The number of nitrogens with zero attached hydrogens (tertiary/aromatic N) is 1. The average molecular weight is 468 g/mol. The highest BCUT2D eigenvalue weighted by atomic mass is 19.3. The van der Waals surface area contributed by atoms with Gasteiger partial charge < -0.3 is 20.5 Å². The third-order valence-corrected chi connectivity index (χ3v) is 6.65. The van der Waals surface area contributed by atoms with Crippen LogP contribution in [0.2, 0.25) is 0 Å². The largest absolute Gasteiger partial charge is 0.480 e. The van der Waals surface area contributed by atoms with Crippen LogP contribution in [0.15, 0.2) is 12.1 Å². The summed E-state index contributed by atoms with van der Waals surface area (Å²) < 4.78 is 31.0. The molecule has 2 aliphatic rings. The minimum Gasteiger partial charge on any atom is -0.480 e. The number of aliphatic carboxylic acids is 1. The molecule has 2 atom stereocenters. The molecule has 1 saturated carbocycles. The van der Waals surface area contributed by atoms with Crippen molar-refractivity contribution in [1.29, 1.82) is 0 Å². The molecule has 7 nitrogen and oxygen atoms in total. The van der Waals surface area contributed by atoms with Gasteiger partial charge in [0.15, 0.2) is 0 Å². The predicted molar refractivity (Wildman–Crippen MR) is 120 cm³/mol. The van der Waals surface area contributed by atoms with Crippen molar-refractivity contribution < 1.29 is 28.2 Å². The Morgan fingerprint density at radius 1 is 1.33 bits per heavy atom. The van der Waals surface area contributed by atoms with E-state index in [4.69, 9.17) is 9.72 Å². The minimum absolute atomic E-state index is 0.0977. The van der Waals surface area contributed by atoms with Gasteiger partial charge in [0.25, 0.3) is 0 Å². The van der Waals surface area contributed by atoms with Crippen LogP contribution in [0.1, 0.15) is 63.1 Å². The van der Waals surface area contributed by atoms with Crippen LogP contribution in [0.3, 0.4) is 0 Å². The number of ether oxygens (including phenoxy) is 1. The number of aromatic nitrogens is 1. The quantitative estimate of drug-likeness (QED) is 0.408. The maximum Gasteiger partial charge on any atom is 0.326 e. The second-order valence-corrected chi connectivity index (χ2v) is 9.13. The van der Waals surface area contributed by atoms with Gasteiger partial charge in [-0.1, -0.05) is 13.0 Å². The third kappa shape index (κ3) is 7.62. The van der Waals surface area contributed by atoms with Crippen molar-refractivity contribution in [3.05, 3.63) is 23.4 Å². The van der Waals surface area contributed by atoms with Crippen molar-refractivity contribution in [2.45, 2.75) is 83.3 Å². The van der Waals surface area contributed by atoms with E-state index in [1.165, 1.54) is 5.56 Å². The molecular weight excluding hydrogens is 432 g/mol. The van der Waals surface area contributed by atoms with Crippen LogP contribution in [0.4, 0.5) is 14.6 Å². The molecule has 2 unspecified atom stereocenters. The Morgan fingerprint density at radius 3 is 2.82 bits per heavy atom. The van der Waals surface area contributed by atoms with E-state index in [1.54, 1.807) is 6.92 Å². The number of aryl methyl sites for hydroxylation is 2. The van der Waals surface area contributed by atoms with Crippen molar-refractivity contribution in [3.8, 4) is 0 Å². The highest BCUT2D eigenvalue weighted by Crippen LogP contribution is 2.34. The van der Waals surface area contributed by atoms with Gasteiger partial charge in [0.05, 0.1) is 6.10 Å². The van der Waals surface area contributed by atoms with Gasteiger partial charge in [-0.2, -0.15) is 0 Å². The molecular formula is C24H35F2N3O4. The summed E-state index contributed by atoms with van der Waals surface area (Å²) in [6.07, 6.45) is 3.34. The van der Waals surface area contributed by atoms with Crippen LogP contribution >= 0.6 is 0 Å². The maximum atomic E-state index is 12.6. The number of hydrogen-bond acceptors (Lipinski definition) is 5. The molecule has 0 saturated heterocycles. The molecule has 1 aliphatic carbocycles. The summed E-state index contributed by atoms with van der Waals surface area (Å²) in [5.41, 5.74) is 2.39. The Hall–Kier alpha value is -2.29. The number of carboxylic acid groups (broad SMARTS) is 1. The first-order chi connectivity index (χ1) is 15.9. The number of amides is 1. The number of fused-ring (bicyclic) bond motifs is 1. The smallest absolute Gasteiger partial charge is 0.326 e. The molecule has 0 radical (unpaired) electrons. The van der Waals surface area contributed by atoms with E-state index >= 15 is 0 Å². The normalized spacial score (nSPS) is 21.5. The summed E-state index contributed by atoms with van der Waals surface area (Å²) in [5.74, 6) is -1.12. The monoisotopic (exact) mass is 467 g/mol. The van der Waals surface area contributed by atoms with E-state index in [9.17, 15) is 23.5 Å². The standard InChI is InChI=1S/C24H35F2N3O4/c1-2-16(14-21(25)26)23(30)29-20(24(31)32)9-11-33-19-12-15(13-19)5-7-18-8-6-17-4-3-10-27-22(17)28-18/h6,8,15-16,19-21H,2-5,7,9-14H2,1H3,(H,27,28)(H,29,30)(H,31,32). The molecule has 1 amide bonds. The Morgan fingerprint density at radius 2 is 2.12 bits per heavy atom. The Kier molecular flexibility index (Phi) is 9.41. The van der Waals surface area contributed by atoms with E-state index in [2.05, 4.69) is 22.8 Å². The van der Waals surface area contributed by atoms with E-state index in [0.29, 0.717) is 5.92 Å². The number of pyridine rings is 1. The number of rotatable bonds is 13. The minimum atomic E-state index is -2.60. The zero-order valence-corrected chi connectivity index (χ0v) is 19.2. The molecule has 1 aliphatic heterocycles. The van der Waals surface area contributed by atoms with Crippen molar-refractivity contribution in [2.75, 3.05) is 18.5 Å². The summed E-state index contributed by atoms with van der Waals surface area (Å²) in [7, 11) is 0. The molecule has 33 heavy (non-hydrogen) atoms. The van der Waals surface area contributed by atoms with Gasteiger partial charge in [0.1, 0.15) is 11.9 Å². The Bertz CT molecular complexity index is 802. The van der Waals surface area contributed by atoms with Crippen LogP contribution in [-0.2, 0) is 27.2 Å². The molecule has 9 heteroatoms. The van der Waals surface area contributed by atoms with Gasteiger partial charge >= 0.3 is 5.97 Å². The first-order valence-corrected chi connectivity index (χ1v) is 12.0. The first-order valence-electron chi connectivity index (χ1n) is 12.0. The fourth-order valence-electron chi connectivity index (χ4n) is 4.48. The van der Waals surface area contributed by atoms with Gasteiger partial charge in [-0.25, -0.2) is 18.6 Å². The summed E-state index contributed by atoms with van der Waals surface area (Å²) in [5, 5.41) is 15.1. The number of alkyl halides is 2. The Balaban J connectivity index is 1.33. The molecule has 3 rings (SSSR count). The lowest BCUT2D eigenvalue weighted by Crippen LogP contribution is -2.45. The number of nitrogens with one attached hydrogen (secondary N) is 2. The van der Waals surface area contributed by atoms with Gasteiger partial charge in [0.2, 0.25) is 12.3 Å². The maximum absolute atomic E-state index is 12.6. The van der Waals surface area contributed by atoms with E-state index in [-0.39, 0.29) is 25.6 Å². The van der Waals surface area contributed by atoms with Crippen LogP contribution in [0.25, 0.3) is 0 Å². The molecule has 2 heterocycles. The SMILES string of the molecule is CCC(CC(F)F)C(=O)NC(CCOC1CC(CCc2ccc3c(n2)NCCC3)C1)C(=O)O.